The topological polar surface area (TPSA) is 119 Å². The molecule has 0 bridgehead atoms. The Morgan fingerprint density at radius 3 is 2.56 bits per heavy atom. The fourth-order valence-corrected chi connectivity index (χ4v) is 4.12. The Morgan fingerprint density at radius 2 is 1.85 bits per heavy atom. The number of nitrogens with one attached hydrogen (secondary N) is 1. The van der Waals surface area contributed by atoms with Crippen molar-refractivity contribution in [2.24, 2.45) is 0 Å². The third-order valence-corrected chi connectivity index (χ3v) is 6.46. The summed E-state index contributed by atoms with van der Waals surface area (Å²) in [5.41, 5.74) is 1.93. The number of para-hydroxylation sites is 1. The van der Waals surface area contributed by atoms with Gasteiger partial charge in [-0.15, -0.1) is 5.10 Å². The molecular weight excluding hydrogens is 496 g/mol. The van der Waals surface area contributed by atoms with E-state index >= 15 is 0 Å². The summed E-state index contributed by atoms with van der Waals surface area (Å²) >= 11 is 0. The molecule has 4 aromatic rings. The maximum absolute atomic E-state index is 14.1. The summed E-state index contributed by atoms with van der Waals surface area (Å²) in [6, 6.07) is 16.2. The highest BCUT2D eigenvalue weighted by molar-refractivity contribution is 6.02. The van der Waals surface area contributed by atoms with Crippen LogP contribution in [0.4, 0.5) is 5.69 Å². The largest absolute Gasteiger partial charge is 0.462 e. The van der Waals surface area contributed by atoms with Crippen LogP contribution < -0.4 is 10.2 Å². The van der Waals surface area contributed by atoms with Crippen molar-refractivity contribution in [1.29, 1.82) is 0 Å². The normalized spacial score (nSPS) is 12.1. The average molecular weight is 529 g/mol. The monoisotopic (exact) mass is 528 g/mol. The number of anilines is 1. The molecule has 2 amide bonds. The Kier molecular flexibility index (Phi) is 8.33. The van der Waals surface area contributed by atoms with Crippen molar-refractivity contribution < 1.29 is 19.1 Å². The van der Waals surface area contributed by atoms with Gasteiger partial charge in [-0.3, -0.25) is 19.5 Å². The van der Waals surface area contributed by atoms with Gasteiger partial charge in [-0.05, 0) is 63.6 Å². The first-order valence-electron chi connectivity index (χ1n) is 12.8. The molecule has 0 aliphatic heterocycles. The van der Waals surface area contributed by atoms with Crippen LogP contribution in [0.2, 0.25) is 0 Å². The third kappa shape index (κ3) is 6.28. The molecule has 0 radical (unpaired) electrons. The van der Waals surface area contributed by atoms with Gasteiger partial charge in [0.2, 0.25) is 11.8 Å². The number of esters is 1. The van der Waals surface area contributed by atoms with E-state index < -0.39 is 23.5 Å². The Morgan fingerprint density at radius 1 is 1.05 bits per heavy atom. The zero-order chi connectivity index (χ0) is 28.0. The highest BCUT2D eigenvalue weighted by atomic mass is 16.5. The zero-order valence-electron chi connectivity index (χ0n) is 22.5. The number of rotatable bonds is 10. The Balaban J connectivity index is 1.84. The maximum Gasteiger partial charge on any atom is 0.338 e. The standard InChI is InChI=1S/C29H32N6O4/c1-5-29(3,4)31-27(37)26(21-12-10-16-30-18-21)35(22-13-9-11-20(17-22)28(38)39-6-2)25(36)19-34-24-15-8-7-14-23(24)32-33-34/h7-18,26H,5-6,19H2,1-4H3,(H,31,37). The molecule has 202 valence electrons. The molecule has 4 rings (SSSR count). The Bertz CT molecular complexity index is 1470. The molecule has 2 heterocycles. The number of pyridine rings is 1. The lowest BCUT2D eigenvalue weighted by Gasteiger charge is -2.34. The summed E-state index contributed by atoms with van der Waals surface area (Å²) in [6.07, 6.45) is 3.84. The van der Waals surface area contributed by atoms with E-state index in [1.54, 1.807) is 55.7 Å². The van der Waals surface area contributed by atoms with Crippen LogP contribution in [0.25, 0.3) is 11.0 Å². The molecule has 2 aromatic heterocycles. The molecule has 10 heteroatoms. The van der Waals surface area contributed by atoms with Gasteiger partial charge < -0.3 is 10.1 Å². The number of nitrogens with zero attached hydrogens (tertiary/aromatic N) is 5. The fraction of sp³-hybridized carbons (Fsp3) is 0.310. The van der Waals surface area contributed by atoms with Crippen LogP contribution in [0.15, 0.2) is 73.1 Å². The summed E-state index contributed by atoms with van der Waals surface area (Å²) in [7, 11) is 0. The number of carbonyl (C=O) groups is 3. The van der Waals surface area contributed by atoms with Crippen molar-refractivity contribution in [1.82, 2.24) is 25.3 Å². The quantitative estimate of drug-likeness (QED) is 0.308. The number of amides is 2. The van der Waals surface area contributed by atoms with Gasteiger partial charge in [-0.2, -0.15) is 0 Å². The van der Waals surface area contributed by atoms with Gasteiger partial charge in [0.05, 0.1) is 17.7 Å². The van der Waals surface area contributed by atoms with E-state index in [9.17, 15) is 14.4 Å². The summed E-state index contributed by atoms with van der Waals surface area (Å²) in [6.45, 7) is 7.54. The second-order valence-corrected chi connectivity index (χ2v) is 9.69. The number of ether oxygens (including phenoxy) is 1. The van der Waals surface area contributed by atoms with E-state index in [0.717, 1.165) is 0 Å². The smallest absolute Gasteiger partial charge is 0.338 e. The minimum Gasteiger partial charge on any atom is -0.462 e. The molecule has 39 heavy (non-hydrogen) atoms. The maximum atomic E-state index is 14.1. The van der Waals surface area contributed by atoms with E-state index in [1.165, 1.54) is 9.58 Å². The second kappa shape index (κ2) is 11.8. The first kappa shape index (κ1) is 27.4. The molecule has 1 unspecified atom stereocenters. The molecule has 0 spiro atoms. The van der Waals surface area contributed by atoms with E-state index in [1.807, 2.05) is 45.0 Å². The highest BCUT2D eigenvalue weighted by Crippen LogP contribution is 2.30. The van der Waals surface area contributed by atoms with Crippen molar-refractivity contribution in [3.8, 4) is 0 Å². The lowest BCUT2D eigenvalue weighted by molar-refractivity contribution is -0.128. The summed E-state index contributed by atoms with van der Waals surface area (Å²) < 4.78 is 6.67. The van der Waals surface area contributed by atoms with E-state index in [-0.39, 0.29) is 24.6 Å². The Labute approximate surface area is 227 Å². The number of hydrogen-bond donors (Lipinski definition) is 1. The van der Waals surface area contributed by atoms with Gasteiger partial charge in [0, 0.05) is 29.2 Å². The van der Waals surface area contributed by atoms with Crippen molar-refractivity contribution >= 4 is 34.5 Å². The van der Waals surface area contributed by atoms with Gasteiger partial charge in [0.1, 0.15) is 18.1 Å². The van der Waals surface area contributed by atoms with Crippen molar-refractivity contribution in [2.75, 3.05) is 11.5 Å². The molecule has 0 aliphatic rings. The number of hydrogen-bond acceptors (Lipinski definition) is 7. The average Bonchev–Trinajstić information content (AvgIpc) is 3.34. The lowest BCUT2D eigenvalue weighted by atomic mass is 9.98. The predicted molar refractivity (Wildman–Crippen MR) is 147 cm³/mol. The minimum absolute atomic E-state index is 0.189. The predicted octanol–water partition coefficient (Wildman–Crippen LogP) is 4.08. The SMILES string of the molecule is CCOC(=O)c1cccc(N(C(=O)Cn2nnc3ccccc32)C(C(=O)NC(C)(C)CC)c2cccnc2)c1. The minimum atomic E-state index is -1.08. The van der Waals surface area contributed by atoms with Crippen molar-refractivity contribution in [3.63, 3.8) is 0 Å². The number of fused-ring (bicyclic) bond motifs is 1. The van der Waals surface area contributed by atoms with Crippen LogP contribution in [0.5, 0.6) is 0 Å². The van der Waals surface area contributed by atoms with Crippen LogP contribution in [0.1, 0.15) is 56.1 Å². The first-order valence-corrected chi connectivity index (χ1v) is 12.8. The summed E-state index contributed by atoms with van der Waals surface area (Å²) in [5, 5.41) is 11.4. The molecule has 2 aromatic carbocycles. The molecule has 1 atom stereocenters. The first-order chi connectivity index (χ1) is 18.7. The van der Waals surface area contributed by atoms with Crippen molar-refractivity contribution in [2.45, 2.75) is 52.2 Å². The Hall–Kier alpha value is -4.60. The molecule has 0 saturated heterocycles. The van der Waals surface area contributed by atoms with Crippen LogP contribution >= 0.6 is 0 Å². The molecule has 0 fully saturated rings. The lowest BCUT2D eigenvalue weighted by Crippen LogP contribution is -2.51. The van der Waals surface area contributed by atoms with Crippen LogP contribution in [0.3, 0.4) is 0 Å². The molecule has 0 aliphatic carbocycles. The van der Waals surface area contributed by atoms with Gasteiger partial charge in [-0.1, -0.05) is 36.4 Å². The molecule has 10 nitrogen and oxygen atoms in total. The third-order valence-electron chi connectivity index (χ3n) is 6.46. The molecule has 1 N–H and O–H groups in total. The summed E-state index contributed by atoms with van der Waals surface area (Å²) in [4.78, 5) is 46.2. The summed E-state index contributed by atoms with van der Waals surface area (Å²) in [5.74, 6) is -1.33. The van der Waals surface area contributed by atoms with Crippen LogP contribution in [0, 0.1) is 0 Å². The van der Waals surface area contributed by atoms with Crippen molar-refractivity contribution in [3.05, 3.63) is 84.2 Å². The number of carbonyl (C=O) groups excluding carboxylic acids is 3. The molecule has 0 saturated carbocycles. The van der Waals surface area contributed by atoms with Gasteiger partial charge in [-0.25, -0.2) is 9.48 Å². The highest BCUT2D eigenvalue weighted by Gasteiger charge is 2.35. The number of aromatic nitrogens is 4. The second-order valence-electron chi connectivity index (χ2n) is 9.69. The van der Waals surface area contributed by atoms with E-state index in [2.05, 4.69) is 20.6 Å². The van der Waals surface area contributed by atoms with Gasteiger partial charge >= 0.3 is 5.97 Å². The van der Waals surface area contributed by atoms with E-state index in [0.29, 0.717) is 28.7 Å². The zero-order valence-corrected chi connectivity index (χ0v) is 22.5. The fourth-order valence-electron chi connectivity index (χ4n) is 4.12. The number of benzene rings is 2. The van der Waals surface area contributed by atoms with Crippen LogP contribution in [-0.2, 0) is 20.9 Å². The van der Waals surface area contributed by atoms with Crippen LogP contribution in [-0.4, -0.2) is 49.9 Å². The van der Waals surface area contributed by atoms with Gasteiger partial charge in [0.25, 0.3) is 0 Å². The van der Waals surface area contributed by atoms with Gasteiger partial charge in [0.15, 0.2) is 0 Å². The molecular formula is C29H32N6O4. The van der Waals surface area contributed by atoms with E-state index in [4.69, 9.17) is 4.74 Å².